The molecule has 0 heterocycles. The van der Waals surface area contributed by atoms with Crippen LogP contribution >= 0.6 is 0 Å². The highest BCUT2D eigenvalue weighted by Crippen LogP contribution is 2.25. The molecular weight excluding hydrogens is 388 g/mol. The number of amides is 1. The maximum absolute atomic E-state index is 13.2. The maximum atomic E-state index is 13.2. The van der Waals surface area contributed by atoms with E-state index >= 15 is 0 Å². The number of halogens is 2. The first kappa shape index (κ1) is 20.3. The van der Waals surface area contributed by atoms with E-state index in [4.69, 9.17) is 4.74 Å². The van der Waals surface area contributed by atoms with Crippen molar-refractivity contribution in [2.75, 3.05) is 6.26 Å². The lowest BCUT2D eigenvalue weighted by Crippen LogP contribution is -2.39. The Morgan fingerprint density at radius 1 is 1.00 bits per heavy atom. The van der Waals surface area contributed by atoms with Crippen LogP contribution in [-0.2, 0) is 9.84 Å². The van der Waals surface area contributed by atoms with Gasteiger partial charge in [-0.15, -0.1) is 0 Å². The van der Waals surface area contributed by atoms with Gasteiger partial charge in [-0.1, -0.05) is 0 Å². The van der Waals surface area contributed by atoms with E-state index in [-0.39, 0.29) is 28.7 Å². The molecule has 0 radical (unpaired) electrons. The van der Waals surface area contributed by atoms with Crippen LogP contribution in [0.3, 0.4) is 0 Å². The summed E-state index contributed by atoms with van der Waals surface area (Å²) < 4.78 is 55.1. The predicted octanol–water partition coefficient (Wildman–Crippen LogP) is 3.49. The lowest BCUT2D eigenvalue weighted by molar-refractivity contribution is 0.0893. The number of benzene rings is 2. The van der Waals surface area contributed by atoms with E-state index in [9.17, 15) is 22.0 Å². The summed E-state index contributed by atoms with van der Waals surface area (Å²) in [6.07, 6.45) is 3.60. The molecule has 1 aliphatic rings. The SMILES string of the molecule is CS(=O)(=O)c1ccc(C(=O)NC2CCC(Oc3cc(F)cc(F)c3)CC2)cc1. The Labute approximate surface area is 162 Å². The summed E-state index contributed by atoms with van der Waals surface area (Å²) in [5.41, 5.74) is 0.390. The highest BCUT2D eigenvalue weighted by atomic mass is 32.2. The monoisotopic (exact) mass is 409 g/mol. The Morgan fingerprint density at radius 3 is 2.11 bits per heavy atom. The Morgan fingerprint density at radius 2 is 1.57 bits per heavy atom. The molecule has 1 fully saturated rings. The van der Waals surface area contributed by atoms with Crippen molar-refractivity contribution >= 4 is 15.7 Å². The molecule has 2 aromatic rings. The molecule has 0 bridgehead atoms. The van der Waals surface area contributed by atoms with Gasteiger partial charge in [0.2, 0.25) is 0 Å². The van der Waals surface area contributed by atoms with Gasteiger partial charge in [-0.2, -0.15) is 0 Å². The standard InChI is InChI=1S/C20H21F2NO4S/c1-28(25,26)19-8-2-13(3-9-19)20(24)23-16-4-6-17(7-5-16)27-18-11-14(21)10-15(22)12-18/h2-3,8-12,16-17H,4-7H2,1H3,(H,23,24). The first-order chi connectivity index (χ1) is 13.2. The van der Waals surface area contributed by atoms with Crippen LogP contribution < -0.4 is 10.1 Å². The zero-order valence-corrected chi connectivity index (χ0v) is 16.1. The number of hydrogen-bond donors (Lipinski definition) is 1. The highest BCUT2D eigenvalue weighted by molar-refractivity contribution is 7.90. The molecule has 0 aromatic heterocycles. The molecule has 28 heavy (non-hydrogen) atoms. The number of hydrogen-bond acceptors (Lipinski definition) is 4. The average Bonchev–Trinajstić information content (AvgIpc) is 2.62. The summed E-state index contributed by atoms with van der Waals surface area (Å²) in [6.45, 7) is 0. The largest absolute Gasteiger partial charge is 0.490 e. The van der Waals surface area contributed by atoms with Crippen molar-refractivity contribution in [2.24, 2.45) is 0 Å². The Bertz CT molecular complexity index is 932. The Balaban J connectivity index is 1.51. The topological polar surface area (TPSA) is 72.5 Å². The van der Waals surface area contributed by atoms with Crippen LogP contribution in [0.15, 0.2) is 47.4 Å². The minimum absolute atomic E-state index is 0.0359. The molecular formula is C20H21F2NO4S. The normalized spacial score (nSPS) is 19.8. The van der Waals surface area contributed by atoms with E-state index in [1.54, 1.807) is 0 Å². The van der Waals surface area contributed by atoms with Crippen LogP contribution in [0.2, 0.25) is 0 Å². The lowest BCUT2D eigenvalue weighted by Gasteiger charge is -2.29. The second-order valence-electron chi connectivity index (χ2n) is 6.97. The second-order valence-corrected chi connectivity index (χ2v) is 8.98. The smallest absolute Gasteiger partial charge is 0.251 e. The number of carbonyl (C=O) groups excluding carboxylic acids is 1. The van der Waals surface area contributed by atoms with Gasteiger partial charge in [-0.05, 0) is 49.9 Å². The molecule has 0 spiro atoms. The number of carbonyl (C=O) groups is 1. The van der Waals surface area contributed by atoms with Crippen LogP contribution in [0.4, 0.5) is 8.78 Å². The van der Waals surface area contributed by atoms with E-state index in [2.05, 4.69) is 5.32 Å². The third kappa shape index (κ3) is 5.28. The summed E-state index contributed by atoms with van der Waals surface area (Å²) in [5, 5.41) is 2.93. The van der Waals surface area contributed by atoms with Crippen LogP contribution in [-0.4, -0.2) is 32.7 Å². The molecule has 0 unspecified atom stereocenters. The number of rotatable bonds is 5. The first-order valence-corrected chi connectivity index (χ1v) is 10.8. The van der Waals surface area contributed by atoms with Gasteiger partial charge in [0.25, 0.3) is 5.91 Å². The summed E-state index contributed by atoms with van der Waals surface area (Å²) in [4.78, 5) is 12.5. The van der Waals surface area contributed by atoms with Gasteiger partial charge in [-0.3, -0.25) is 4.79 Å². The zero-order chi connectivity index (χ0) is 20.3. The molecule has 3 rings (SSSR count). The molecule has 1 saturated carbocycles. The van der Waals surface area contributed by atoms with Crippen LogP contribution in [0.1, 0.15) is 36.0 Å². The Kier molecular flexibility index (Phi) is 5.98. The third-order valence-corrected chi connectivity index (χ3v) is 5.82. The summed E-state index contributed by atoms with van der Waals surface area (Å²) in [6, 6.07) is 8.85. The number of nitrogens with one attached hydrogen (secondary N) is 1. The summed E-state index contributed by atoms with van der Waals surface area (Å²) in [5.74, 6) is -1.47. The van der Waals surface area contributed by atoms with E-state index in [0.29, 0.717) is 31.2 Å². The van der Waals surface area contributed by atoms with E-state index in [1.165, 1.54) is 24.3 Å². The fourth-order valence-electron chi connectivity index (χ4n) is 3.24. The number of ether oxygens (including phenoxy) is 1. The maximum Gasteiger partial charge on any atom is 0.251 e. The predicted molar refractivity (Wildman–Crippen MR) is 100 cm³/mol. The van der Waals surface area contributed by atoms with Crippen molar-refractivity contribution in [2.45, 2.75) is 42.7 Å². The van der Waals surface area contributed by atoms with Crippen molar-refractivity contribution in [3.63, 3.8) is 0 Å². The van der Waals surface area contributed by atoms with Gasteiger partial charge < -0.3 is 10.1 Å². The molecule has 8 heteroatoms. The van der Waals surface area contributed by atoms with Crippen LogP contribution in [0.25, 0.3) is 0 Å². The van der Waals surface area contributed by atoms with Gasteiger partial charge in [0.15, 0.2) is 9.84 Å². The molecule has 5 nitrogen and oxygen atoms in total. The van der Waals surface area contributed by atoms with E-state index in [0.717, 1.165) is 24.5 Å². The average molecular weight is 409 g/mol. The molecule has 0 aliphatic heterocycles. The fraction of sp³-hybridized carbons (Fsp3) is 0.350. The van der Waals surface area contributed by atoms with Gasteiger partial charge in [0.1, 0.15) is 17.4 Å². The number of sulfone groups is 1. The highest BCUT2D eigenvalue weighted by Gasteiger charge is 2.24. The molecule has 1 amide bonds. The Hall–Kier alpha value is -2.48. The molecule has 1 N–H and O–H groups in total. The van der Waals surface area contributed by atoms with Gasteiger partial charge in [0, 0.05) is 36.1 Å². The van der Waals surface area contributed by atoms with Gasteiger partial charge in [0.05, 0.1) is 11.0 Å². The molecule has 2 aromatic carbocycles. The first-order valence-electron chi connectivity index (χ1n) is 8.94. The summed E-state index contributed by atoms with van der Waals surface area (Å²) >= 11 is 0. The molecule has 0 saturated heterocycles. The quantitative estimate of drug-likeness (QED) is 0.821. The summed E-state index contributed by atoms with van der Waals surface area (Å²) in [7, 11) is -3.30. The minimum Gasteiger partial charge on any atom is -0.490 e. The molecule has 150 valence electrons. The molecule has 0 atom stereocenters. The van der Waals surface area contributed by atoms with E-state index < -0.39 is 21.5 Å². The minimum atomic E-state index is -3.30. The zero-order valence-electron chi connectivity index (χ0n) is 15.3. The van der Waals surface area contributed by atoms with Crippen molar-refractivity contribution in [3.8, 4) is 5.75 Å². The van der Waals surface area contributed by atoms with Crippen LogP contribution in [0, 0.1) is 11.6 Å². The van der Waals surface area contributed by atoms with Crippen molar-refractivity contribution in [1.29, 1.82) is 0 Å². The van der Waals surface area contributed by atoms with Gasteiger partial charge in [-0.25, -0.2) is 17.2 Å². The fourth-order valence-corrected chi connectivity index (χ4v) is 3.87. The second kappa shape index (κ2) is 8.26. The van der Waals surface area contributed by atoms with Gasteiger partial charge >= 0.3 is 0 Å². The molecule has 1 aliphatic carbocycles. The van der Waals surface area contributed by atoms with Crippen molar-refractivity contribution < 1.29 is 26.7 Å². The lowest BCUT2D eigenvalue weighted by atomic mass is 9.92. The van der Waals surface area contributed by atoms with E-state index in [1.807, 2.05) is 0 Å². The third-order valence-electron chi connectivity index (χ3n) is 4.69. The van der Waals surface area contributed by atoms with Crippen molar-refractivity contribution in [3.05, 3.63) is 59.7 Å². The van der Waals surface area contributed by atoms with Crippen molar-refractivity contribution in [1.82, 2.24) is 5.32 Å². The van der Waals surface area contributed by atoms with Crippen LogP contribution in [0.5, 0.6) is 5.75 Å².